The number of aliphatic hydroxyl groups is 2. The van der Waals surface area contributed by atoms with Crippen LogP contribution in [-0.4, -0.2) is 22.9 Å². The van der Waals surface area contributed by atoms with Crippen LogP contribution in [0.4, 0.5) is 0 Å². The highest BCUT2D eigenvalue weighted by atomic mass is 16.3. The zero-order chi connectivity index (χ0) is 16.5. The minimum atomic E-state index is -0.172. The van der Waals surface area contributed by atoms with Gasteiger partial charge in [-0.25, -0.2) is 0 Å². The number of aliphatic hydroxyl groups excluding tert-OH is 2. The minimum Gasteiger partial charge on any atom is -0.393 e. The zero-order valence-corrected chi connectivity index (χ0v) is 15.0. The maximum atomic E-state index is 10.5. The SMILES string of the molecule is CC1=CC[C@H]2C(C)(C)[C@@H](O)CC[C@]2(C)[C@@H]1CC/C(C)=C\CO. The standard InChI is InChI=1S/C20H34O2/c1-14(11-13-21)6-8-16-15(2)7-9-17-19(3,4)18(22)10-12-20(16,17)5/h7,11,16-18,21-22H,6,8-10,12-13H2,1-5H3/b14-11-/t16-,17+,18+,20-/m1/s1. The van der Waals surface area contributed by atoms with Crippen LogP contribution in [0.5, 0.6) is 0 Å². The summed E-state index contributed by atoms with van der Waals surface area (Å²) in [7, 11) is 0. The molecule has 0 unspecified atom stereocenters. The molecule has 0 spiro atoms. The normalized spacial score (nSPS) is 38.4. The molecule has 0 aromatic rings. The van der Waals surface area contributed by atoms with Crippen LogP contribution in [0.2, 0.25) is 0 Å². The van der Waals surface area contributed by atoms with Crippen molar-refractivity contribution in [3.8, 4) is 0 Å². The van der Waals surface area contributed by atoms with Crippen molar-refractivity contribution < 1.29 is 10.2 Å². The Morgan fingerprint density at radius 3 is 2.68 bits per heavy atom. The Bertz CT molecular complexity index is 460. The van der Waals surface area contributed by atoms with Gasteiger partial charge in [-0.15, -0.1) is 0 Å². The van der Waals surface area contributed by atoms with Gasteiger partial charge in [0.1, 0.15) is 0 Å². The summed E-state index contributed by atoms with van der Waals surface area (Å²) in [6.07, 6.45) is 9.54. The smallest absolute Gasteiger partial charge is 0.0614 e. The Morgan fingerprint density at radius 2 is 2.05 bits per heavy atom. The van der Waals surface area contributed by atoms with Gasteiger partial charge in [0.15, 0.2) is 0 Å². The van der Waals surface area contributed by atoms with Crippen LogP contribution in [0.3, 0.4) is 0 Å². The Morgan fingerprint density at radius 1 is 1.36 bits per heavy atom. The third-order valence-electron chi connectivity index (χ3n) is 6.80. The summed E-state index contributed by atoms with van der Waals surface area (Å²) in [6.45, 7) is 11.5. The summed E-state index contributed by atoms with van der Waals surface area (Å²) < 4.78 is 0. The molecular weight excluding hydrogens is 272 g/mol. The van der Waals surface area contributed by atoms with E-state index < -0.39 is 0 Å². The summed E-state index contributed by atoms with van der Waals surface area (Å²) >= 11 is 0. The van der Waals surface area contributed by atoms with Crippen LogP contribution in [-0.2, 0) is 0 Å². The van der Waals surface area contributed by atoms with E-state index in [-0.39, 0.29) is 18.1 Å². The lowest BCUT2D eigenvalue weighted by Gasteiger charge is -2.58. The molecule has 0 aromatic carbocycles. The van der Waals surface area contributed by atoms with Crippen LogP contribution >= 0.6 is 0 Å². The molecule has 0 saturated heterocycles. The van der Waals surface area contributed by atoms with Crippen LogP contribution in [0.25, 0.3) is 0 Å². The fraction of sp³-hybridized carbons (Fsp3) is 0.800. The molecule has 2 aliphatic carbocycles. The molecule has 2 N–H and O–H groups in total. The number of allylic oxidation sites excluding steroid dienone is 3. The number of hydrogen-bond acceptors (Lipinski definition) is 2. The summed E-state index contributed by atoms with van der Waals surface area (Å²) in [5, 5.41) is 19.5. The van der Waals surface area contributed by atoms with Gasteiger partial charge in [-0.1, -0.05) is 44.1 Å². The molecule has 4 atom stereocenters. The molecule has 1 fully saturated rings. The van der Waals surface area contributed by atoms with Gasteiger partial charge >= 0.3 is 0 Å². The van der Waals surface area contributed by atoms with Crippen LogP contribution in [0, 0.1) is 22.7 Å². The van der Waals surface area contributed by atoms with Crippen molar-refractivity contribution in [2.24, 2.45) is 22.7 Å². The van der Waals surface area contributed by atoms with Crippen molar-refractivity contribution in [2.45, 2.75) is 72.8 Å². The van der Waals surface area contributed by atoms with E-state index in [4.69, 9.17) is 5.11 Å². The maximum absolute atomic E-state index is 10.5. The Labute approximate surface area is 136 Å². The molecule has 0 aliphatic heterocycles. The molecule has 1 saturated carbocycles. The Kier molecular flexibility index (Phi) is 5.23. The molecule has 0 radical (unpaired) electrons. The van der Waals surface area contributed by atoms with Gasteiger partial charge in [-0.05, 0) is 68.6 Å². The van der Waals surface area contributed by atoms with E-state index in [0.29, 0.717) is 17.3 Å². The van der Waals surface area contributed by atoms with Crippen LogP contribution in [0.15, 0.2) is 23.3 Å². The van der Waals surface area contributed by atoms with Gasteiger partial charge in [-0.2, -0.15) is 0 Å². The molecule has 0 bridgehead atoms. The highest BCUT2D eigenvalue weighted by Crippen LogP contribution is 2.60. The second-order valence-electron chi connectivity index (χ2n) is 8.44. The quantitative estimate of drug-likeness (QED) is 0.752. The van der Waals surface area contributed by atoms with Crippen molar-refractivity contribution in [1.82, 2.24) is 0 Å². The zero-order valence-electron chi connectivity index (χ0n) is 15.0. The lowest BCUT2D eigenvalue weighted by Crippen LogP contribution is -2.54. The fourth-order valence-corrected chi connectivity index (χ4v) is 5.22. The molecule has 22 heavy (non-hydrogen) atoms. The van der Waals surface area contributed by atoms with Crippen molar-refractivity contribution in [2.75, 3.05) is 6.61 Å². The maximum Gasteiger partial charge on any atom is 0.0614 e. The van der Waals surface area contributed by atoms with Gasteiger partial charge in [0.25, 0.3) is 0 Å². The van der Waals surface area contributed by atoms with Crippen molar-refractivity contribution in [3.63, 3.8) is 0 Å². The van der Waals surface area contributed by atoms with Crippen molar-refractivity contribution in [1.29, 1.82) is 0 Å². The van der Waals surface area contributed by atoms with Gasteiger partial charge in [0.05, 0.1) is 12.7 Å². The van der Waals surface area contributed by atoms with Gasteiger partial charge < -0.3 is 10.2 Å². The van der Waals surface area contributed by atoms with E-state index in [0.717, 1.165) is 32.1 Å². The topological polar surface area (TPSA) is 40.5 Å². The monoisotopic (exact) mass is 306 g/mol. The summed E-state index contributed by atoms with van der Waals surface area (Å²) in [6, 6.07) is 0. The van der Waals surface area contributed by atoms with E-state index in [1.165, 1.54) is 11.1 Å². The molecule has 0 heterocycles. The third-order valence-corrected chi connectivity index (χ3v) is 6.80. The first kappa shape index (κ1) is 17.7. The average Bonchev–Trinajstić information content (AvgIpc) is 2.43. The molecule has 0 amide bonds. The first-order valence-electron chi connectivity index (χ1n) is 8.84. The van der Waals surface area contributed by atoms with Gasteiger partial charge in [-0.3, -0.25) is 0 Å². The number of hydrogen-bond donors (Lipinski definition) is 2. The summed E-state index contributed by atoms with van der Waals surface area (Å²) in [4.78, 5) is 0. The first-order valence-corrected chi connectivity index (χ1v) is 8.84. The van der Waals surface area contributed by atoms with Crippen LogP contribution < -0.4 is 0 Å². The third kappa shape index (κ3) is 3.05. The van der Waals surface area contributed by atoms with E-state index in [2.05, 4.69) is 40.7 Å². The first-order chi connectivity index (χ1) is 10.2. The predicted octanol–water partition coefficient (Wildman–Crippen LogP) is 4.47. The minimum absolute atomic E-state index is 0.00156. The largest absolute Gasteiger partial charge is 0.393 e. The second-order valence-corrected chi connectivity index (χ2v) is 8.44. The summed E-state index contributed by atoms with van der Waals surface area (Å²) in [5.74, 6) is 1.15. The van der Waals surface area contributed by atoms with E-state index in [1.54, 1.807) is 0 Å². The highest BCUT2D eigenvalue weighted by Gasteiger charge is 2.54. The van der Waals surface area contributed by atoms with E-state index in [1.807, 2.05) is 6.08 Å². The predicted molar refractivity (Wildman–Crippen MR) is 92.6 cm³/mol. The molecule has 2 rings (SSSR count). The average molecular weight is 306 g/mol. The lowest BCUT2D eigenvalue weighted by atomic mass is 9.47. The van der Waals surface area contributed by atoms with Crippen LogP contribution in [0.1, 0.15) is 66.7 Å². The second kappa shape index (κ2) is 6.49. The van der Waals surface area contributed by atoms with E-state index in [9.17, 15) is 5.11 Å². The molecular formula is C20H34O2. The number of rotatable bonds is 4. The Hall–Kier alpha value is -0.600. The van der Waals surface area contributed by atoms with Gasteiger partial charge in [0.2, 0.25) is 0 Å². The molecule has 2 aliphatic rings. The molecule has 2 nitrogen and oxygen atoms in total. The summed E-state index contributed by atoms with van der Waals surface area (Å²) in [5.41, 5.74) is 3.11. The molecule has 0 aromatic heterocycles. The van der Waals surface area contributed by atoms with Crippen molar-refractivity contribution in [3.05, 3.63) is 23.3 Å². The van der Waals surface area contributed by atoms with Gasteiger partial charge in [0, 0.05) is 0 Å². The lowest BCUT2D eigenvalue weighted by molar-refractivity contribution is -0.115. The van der Waals surface area contributed by atoms with E-state index >= 15 is 0 Å². The fourth-order valence-electron chi connectivity index (χ4n) is 5.22. The molecule has 2 heteroatoms. The number of fused-ring (bicyclic) bond motifs is 1. The Balaban J connectivity index is 2.24. The highest BCUT2D eigenvalue weighted by molar-refractivity contribution is 5.19. The van der Waals surface area contributed by atoms with Crippen molar-refractivity contribution >= 4 is 0 Å². The molecule has 126 valence electrons.